The summed E-state index contributed by atoms with van der Waals surface area (Å²) in [6.07, 6.45) is 5.26. The van der Waals surface area contributed by atoms with E-state index in [-0.39, 0.29) is 18.1 Å². The molecule has 1 amide bonds. The number of benzene rings is 1. The number of hydrogen-bond acceptors (Lipinski definition) is 3. The lowest BCUT2D eigenvalue weighted by Crippen LogP contribution is -2.36. The molecule has 0 saturated heterocycles. The standard InChI is InChI=1S/C16H27N2O4P.H2O/c1-2-3-4-5-7-13-8-6-9-14(12-13)18-16(19)15(17)10-11-23(20,21)22;/h6,8-9,12,15H,2-5,7,10-11,17H2,1H3,(H,18,19)(H2,20,21,22);1H2/t15-;/m1./s1. The molecule has 1 atom stereocenters. The maximum absolute atomic E-state index is 12.0. The predicted molar refractivity (Wildman–Crippen MR) is 96.0 cm³/mol. The van der Waals surface area contributed by atoms with Crippen LogP contribution in [0.5, 0.6) is 0 Å². The zero-order valence-corrected chi connectivity index (χ0v) is 15.0. The molecule has 0 aliphatic carbocycles. The van der Waals surface area contributed by atoms with E-state index in [4.69, 9.17) is 15.5 Å². The first-order valence-electron chi connectivity index (χ1n) is 8.02. The van der Waals surface area contributed by atoms with Gasteiger partial charge in [-0.05, 0) is 37.0 Å². The average Bonchev–Trinajstić information content (AvgIpc) is 2.49. The van der Waals surface area contributed by atoms with E-state index in [1.54, 1.807) is 6.07 Å². The molecule has 138 valence electrons. The van der Waals surface area contributed by atoms with Gasteiger partial charge >= 0.3 is 7.60 Å². The quantitative estimate of drug-likeness (QED) is 0.371. The number of carbonyl (C=O) groups is 1. The van der Waals surface area contributed by atoms with E-state index in [0.29, 0.717) is 5.69 Å². The van der Waals surface area contributed by atoms with Crippen LogP contribution in [-0.2, 0) is 15.8 Å². The van der Waals surface area contributed by atoms with Crippen LogP contribution in [0, 0.1) is 0 Å². The third kappa shape index (κ3) is 9.80. The van der Waals surface area contributed by atoms with Crippen LogP contribution >= 0.6 is 7.60 Å². The number of hydrogen-bond donors (Lipinski definition) is 4. The summed E-state index contributed by atoms with van der Waals surface area (Å²) in [4.78, 5) is 29.6. The Balaban J connectivity index is 0.00000529. The number of unbranched alkanes of at least 4 members (excludes halogenated alkanes) is 3. The van der Waals surface area contributed by atoms with Gasteiger partial charge in [0.05, 0.1) is 12.2 Å². The average molecular weight is 360 g/mol. The Morgan fingerprint density at radius 3 is 2.62 bits per heavy atom. The van der Waals surface area contributed by atoms with Gasteiger partial charge in [0.15, 0.2) is 0 Å². The number of nitrogens with one attached hydrogen (secondary N) is 1. The van der Waals surface area contributed by atoms with Gasteiger partial charge in [0.1, 0.15) is 0 Å². The molecule has 1 rings (SSSR count). The maximum Gasteiger partial charge on any atom is 0.325 e. The lowest BCUT2D eigenvalue weighted by molar-refractivity contribution is -0.117. The van der Waals surface area contributed by atoms with Gasteiger partial charge in [-0.25, -0.2) is 0 Å². The zero-order valence-electron chi connectivity index (χ0n) is 14.1. The van der Waals surface area contributed by atoms with Crippen LogP contribution in [0.3, 0.4) is 0 Å². The minimum atomic E-state index is -4.13. The highest BCUT2D eigenvalue weighted by Gasteiger charge is 2.19. The molecule has 0 bridgehead atoms. The normalized spacial score (nSPS) is 12.3. The summed E-state index contributed by atoms with van der Waals surface area (Å²) >= 11 is 0. The highest BCUT2D eigenvalue weighted by molar-refractivity contribution is 7.51. The molecule has 0 aromatic heterocycles. The summed E-state index contributed by atoms with van der Waals surface area (Å²) in [5, 5.41) is 2.70. The van der Waals surface area contributed by atoms with Gasteiger partial charge in [-0.15, -0.1) is 0 Å². The molecule has 1 aromatic carbocycles. The monoisotopic (exact) mass is 360 g/mol. The number of carbonyl (C=O) groups excluding carboxylic acids is 1. The minimum Gasteiger partial charge on any atom is -0.412 e. The molecule has 0 aliphatic heterocycles. The van der Waals surface area contributed by atoms with E-state index >= 15 is 0 Å². The van der Waals surface area contributed by atoms with Crippen molar-refractivity contribution in [1.82, 2.24) is 0 Å². The van der Waals surface area contributed by atoms with Crippen molar-refractivity contribution in [1.29, 1.82) is 0 Å². The van der Waals surface area contributed by atoms with E-state index in [1.807, 2.05) is 18.2 Å². The molecule has 7 N–H and O–H groups in total. The predicted octanol–water partition coefficient (Wildman–Crippen LogP) is 1.82. The van der Waals surface area contributed by atoms with Gasteiger partial charge in [0.2, 0.25) is 5.91 Å². The first kappa shape index (κ1) is 22.8. The summed E-state index contributed by atoms with van der Waals surface area (Å²) < 4.78 is 10.8. The van der Waals surface area contributed by atoms with Crippen LogP contribution in [-0.4, -0.2) is 33.4 Å². The van der Waals surface area contributed by atoms with Gasteiger partial charge in [-0.1, -0.05) is 38.3 Å². The summed E-state index contributed by atoms with van der Waals surface area (Å²) in [6.45, 7) is 2.17. The number of amides is 1. The first-order chi connectivity index (χ1) is 10.8. The van der Waals surface area contributed by atoms with Gasteiger partial charge in [0, 0.05) is 5.69 Å². The first-order valence-corrected chi connectivity index (χ1v) is 9.81. The molecule has 0 unspecified atom stereocenters. The van der Waals surface area contributed by atoms with Crippen molar-refractivity contribution in [2.45, 2.75) is 51.5 Å². The fourth-order valence-corrected chi connectivity index (χ4v) is 2.85. The van der Waals surface area contributed by atoms with Crippen LogP contribution in [0.4, 0.5) is 5.69 Å². The largest absolute Gasteiger partial charge is 0.412 e. The summed E-state index contributed by atoms with van der Waals surface area (Å²) in [5.74, 6) is -0.429. The Kier molecular flexibility index (Phi) is 10.8. The molecular weight excluding hydrogens is 331 g/mol. The van der Waals surface area contributed by atoms with Crippen LogP contribution in [0.2, 0.25) is 0 Å². The fraction of sp³-hybridized carbons (Fsp3) is 0.562. The Hall–Kier alpha value is -1.24. The third-order valence-electron chi connectivity index (χ3n) is 3.58. The fourth-order valence-electron chi connectivity index (χ4n) is 2.23. The summed E-state index contributed by atoms with van der Waals surface area (Å²) in [6, 6.07) is 6.67. The van der Waals surface area contributed by atoms with Crippen molar-refractivity contribution in [3.63, 3.8) is 0 Å². The molecule has 0 saturated carbocycles. The van der Waals surface area contributed by atoms with Crippen LogP contribution in [0.25, 0.3) is 0 Å². The van der Waals surface area contributed by atoms with E-state index in [9.17, 15) is 9.36 Å². The third-order valence-corrected chi connectivity index (χ3v) is 4.42. The number of aryl methyl sites for hydroxylation is 1. The molecule has 0 spiro atoms. The van der Waals surface area contributed by atoms with Gasteiger partial charge in [0.25, 0.3) is 0 Å². The summed E-state index contributed by atoms with van der Waals surface area (Å²) in [7, 11) is -4.13. The van der Waals surface area contributed by atoms with Crippen LogP contribution in [0.15, 0.2) is 24.3 Å². The SMILES string of the molecule is CCCCCCc1cccc(NC(=O)[C@H](N)CCP(=O)(O)O)c1.O. The lowest BCUT2D eigenvalue weighted by Gasteiger charge is -2.13. The molecule has 24 heavy (non-hydrogen) atoms. The molecule has 0 heterocycles. The van der Waals surface area contributed by atoms with Crippen molar-refractivity contribution < 1.29 is 24.6 Å². The van der Waals surface area contributed by atoms with Crippen molar-refractivity contribution >= 4 is 19.2 Å². The maximum atomic E-state index is 12.0. The minimum absolute atomic E-state index is 0. The van der Waals surface area contributed by atoms with Crippen LogP contribution in [0.1, 0.15) is 44.6 Å². The molecular formula is C16H29N2O5P. The summed E-state index contributed by atoms with van der Waals surface area (Å²) in [5.41, 5.74) is 7.49. The Morgan fingerprint density at radius 2 is 2.00 bits per heavy atom. The number of nitrogens with two attached hydrogens (primary N) is 1. The topological polar surface area (TPSA) is 144 Å². The van der Waals surface area contributed by atoms with E-state index < -0.39 is 19.5 Å². The van der Waals surface area contributed by atoms with Crippen molar-refractivity contribution in [2.24, 2.45) is 5.73 Å². The second kappa shape index (κ2) is 11.3. The van der Waals surface area contributed by atoms with Crippen molar-refractivity contribution in [3.8, 4) is 0 Å². The van der Waals surface area contributed by atoms with Crippen molar-refractivity contribution in [2.75, 3.05) is 11.5 Å². The molecule has 1 aromatic rings. The van der Waals surface area contributed by atoms with E-state index in [1.165, 1.54) is 19.3 Å². The second-order valence-electron chi connectivity index (χ2n) is 5.78. The molecule has 8 heteroatoms. The number of anilines is 1. The Bertz CT molecular complexity index is 547. The Morgan fingerprint density at radius 1 is 1.29 bits per heavy atom. The van der Waals surface area contributed by atoms with E-state index in [2.05, 4.69) is 12.2 Å². The van der Waals surface area contributed by atoms with Crippen LogP contribution < -0.4 is 11.1 Å². The Labute approximate surface area is 143 Å². The van der Waals surface area contributed by atoms with Gasteiger partial charge in [-0.3, -0.25) is 9.36 Å². The lowest BCUT2D eigenvalue weighted by atomic mass is 10.1. The molecule has 0 radical (unpaired) electrons. The zero-order chi connectivity index (χ0) is 17.3. The number of rotatable bonds is 10. The van der Waals surface area contributed by atoms with Gasteiger partial charge < -0.3 is 26.3 Å². The molecule has 7 nitrogen and oxygen atoms in total. The van der Waals surface area contributed by atoms with E-state index in [0.717, 1.165) is 18.4 Å². The highest BCUT2D eigenvalue weighted by atomic mass is 31.2. The molecule has 0 aliphatic rings. The highest BCUT2D eigenvalue weighted by Crippen LogP contribution is 2.35. The second-order valence-corrected chi connectivity index (χ2v) is 7.56. The smallest absolute Gasteiger partial charge is 0.325 e. The van der Waals surface area contributed by atoms with Gasteiger partial charge in [-0.2, -0.15) is 0 Å². The van der Waals surface area contributed by atoms with Crippen molar-refractivity contribution in [3.05, 3.63) is 29.8 Å². The molecule has 0 fully saturated rings.